The standard InChI is InChI=1S/C14H19N3O4/c1-9(13(15)18)17-14(19)10-2-3-12(16-8-10)21-11-4-6-20-7-5-11/h2-3,8-9,11H,4-7H2,1H3,(H2,15,18)(H,17,19)/t9-/m0/s1. The fourth-order valence-electron chi connectivity index (χ4n) is 1.90. The highest BCUT2D eigenvalue weighted by molar-refractivity contribution is 5.96. The Morgan fingerprint density at radius 1 is 1.43 bits per heavy atom. The Hall–Kier alpha value is -2.15. The molecule has 0 aliphatic carbocycles. The first-order valence-corrected chi connectivity index (χ1v) is 6.87. The van der Waals surface area contributed by atoms with E-state index in [1.807, 2.05) is 0 Å². The van der Waals surface area contributed by atoms with Gasteiger partial charge in [0.1, 0.15) is 12.1 Å². The van der Waals surface area contributed by atoms with Gasteiger partial charge in [0.05, 0.1) is 18.8 Å². The predicted molar refractivity (Wildman–Crippen MR) is 74.8 cm³/mol. The molecule has 0 bridgehead atoms. The average Bonchev–Trinajstić information content (AvgIpc) is 2.48. The van der Waals surface area contributed by atoms with Gasteiger partial charge in [-0.05, 0) is 13.0 Å². The molecular formula is C14H19N3O4. The Balaban J connectivity index is 1.91. The number of rotatable bonds is 5. The minimum Gasteiger partial charge on any atom is -0.474 e. The van der Waals surface area contributed by atoms with E-state index in [0.717, 1.165) is 12.8 Å². The maximum absolute atomic E-state index is 11.8. The molecule has 21 heavy (non-hydrogen) atoms. The quantitative estimate of drug-likeness (QED) is 0.809. The Labute approximate surface area is 122 Å². The van der Waals surface area contributed by atoms with Crippen molar-refractivity contribution in [2.24, 2.45) is 5.73 Å². The molecule has 2 rings (SSSR count). The molecule has 7 nitrogen and oxygen atoms in total. The van der Waals surface area contributed by atoms with Crippen LogP contribution < -0.4 is 15.8 Å². The zero-order valence-electron chi connectivity index (χ0n) is 11.9. The Morgan fingerprint density at radius 3 is 2.71 bits per heavy atom. The lowest BCUT2D eigenvalue weighted by Gasteiger charge is -2.22. The van der Waals surface area contributed by atoms with Crippen LogP contribution in [0.5, 0.6) is 5.88 Å². The molecular weight excluding hydrogens is 274 g/mol. The molecule has 1 saturated heterocycles. The zero-order valence-corrected chi connectivity index (χ0v) is 11.9. The molecule has 0 spiro atoms. The fraction of sp³-hybridized carbons (Fsp3) is 0.500. The summed E-state index contributed by atoms with van der Waals surface area (Å²) in [5.41, 5.74) is 5.44. The summed E-state index contributed by atoms with van der Waals surface area (Å²) in [6, 6.07) is 2.51. The first kappa shape index (κ1) is 15.2. The van der Waals surface area contributed by atoms with Crippen molar-refractivity contribution in [2.45, 2.75) is 31.9 Å². The summed E-state index contributed by atoms with van der Waals surface area (Å²) in [6.45, 7) is 2.91. The normalized spacial score (nSPS) is 17.0. The molecule has 114 valence electrons. The van der Waals surface area contributed by atoms with E-state index in [4.69, 9.17) is 15.2 Å². The first-order chi connectivity index (χ1) is 10.1. The summed E-state index contributed by atoms with van der Waals surface area (Å²) < 4.78 is 11.0. The molecule has 2 heterocycles. The van der Waals surface area contributed by atoms with E-state index in [9.17, 15) is 9.59 Å². The highest BCUT2D eigenvalue weighted by atomic mass is 16.5. The molecule has 1 aliphatic heterocycles. The highest BCUT2D eigenvalue weighted by Gasteiger charge is 2.17. The molecule has 2 amide bonds. The topological polar surface area (TPSA) is 104 Å². The van der Waals surface area contributed by atoms with E-state index in [2.05, 4.69) is 10.3 Å². The Bertz CT molecular complexity index is 497. The van der Waals surface area contributed by atoms with Crippen LogP contribution in [0, 0.1) is 0 Å². The van der Waals surface area contributed by atoms with Crippen LogP contribution >= 0.6 is 0 Å². The number of nitrogens with two attached hydrogens (primary N) is 1. The number of carbonyl (C=O) groups is 2. The Morgan fingerprint density at radius 2 is 2.14 bits per heavy atom. The van der Waals surface area contributed by atoms with Crippen LogP contribution in [0.1, 0.15) is 30.1 Å². The van der Waals surface area contributed by atoms with Crippen molar-refractivity contribution in [2.75, 3.05) is 13.2 Å². The second kappa shape index (κ2) is 7.03. The van der Waals surface area contributed by atoms with Gasteiger partial charge in [0.25, 0.3) is 5.91 Å². The molecule has 0 aromatic carbocycles. The lowest BCUT2D eigenvalue weighted by atomic mass is 10.1. The van der Waals surface area contributed by atoms with Crippen molar-refractivity contribution in [1.29, 1.82) is 0 Å². The number of aromatic nitrogens is 1. The lowest BCUT2D eigenvalue weighted by molar-refractivity contribution is -0.119. The van der Waals surface area contributed by atoms with Crippen molar-refractivity contribution in [3.63, 3.8) is 0 Å². The third kappa shape index (κ3) is 4.42. The largest absolute Gasteiger partial charge is 0.474 e. The van der Waals surface area contributed by atoms with Crippen LogP contribution in [0.25, 0.3) is 0 Å². The van der Waals surface area contributed by atoms with Crippen LogP contribution in [0.15, 0.2) is 18.3 Å². The van der Waals surface area contributed by atoms with Gasteiger partial charge in [-0.3, -0.25) is 9.59 Å². The SMILES string of the molecule is C[C@H](NC(=O)c1ccc(OC2CCOCC2)nc1)C(N)=O. The smallest absolute Gasteiger partial charge is 0.253 e. The predicted octanol–water partition coefficient (Wildman–Crippen LogP) is 0.243. The van der Waals surface area contributed by atoms with Crippen LogP contribution in [0.2, 0.25) is 0 Å². The minimum absolute atomic E-state index is 0.0980. The number of ether oxygens (including phenoxy) is 2. The summed E-state index contributed by atoms with van der Waals surface area (Å²) in [7, 11) is 0. The number of carbonyl (C=O) groups excluding carboxylic acids is 2. The molecule has 1 atom stereocenters. The number of pyridine rings is 1. The summed E-state index contributed by atoms with van der Waals surface area (Å²) in [5.74, 6) is -0.511. The van der Waals surface area contributed by atoms with Crippen molar-refractivity contribution in [1.82, 2.24) is 10.3 Å². The molecule has 1 aromatic rings. The Kier molecular flexibility index (Phi) is 5.10. The van der Waals surface area contributed by atoms with E-state index in [0.29, 0.717) is 24.7 Å². The van der Waals surface area contributed by atoms with Gasteiger partial charge in [-0.15, -0.1) is 0 Å². The van der Waals surface area contributed by atoms with Gasteiger partial charge in [-0.1, -0.05) is 0 Å². The van der Waals surface area contributed by atoms with Gasteiger partial charge >= 0.3 is 0 Å². The number of hydrogen-bond donors (Lipinski definition) is 2. The monoisotopic (exact) mass is 293 g/mol. The van der Waals surface area contributed by atoms with E-state index in [1.165, 1.54) is 13.1 Å². The van der Waals surface area contributed by atoms with Gasteiger partial charge in [-0.2, -0.15) is 0 Å². The summed E-state index contributed by atoms with van der Waals surface area (Å²) in [6.07, 6.45) is 3.18. The van der Waals surface area contributed by atoms with Crippen LogP contribution in [0.4, 0.5) is 0 Å². The van der Waals surface area contributed by atoms with Gasteiger partial charge in [0, 0.05) is 25.1 Å². The first-order valence-electron chi connectivity index (χ1n) is 6.87. The summed E-state index contributed by atoms with van der Waals surface area (Å²) in [4.78, 5) is 26.9. The van der Waals surface area contributed by atoms with E-state index in [1.54, 1.807) is 12.1 Å². The fourth-order valence-corrected chi connectivity index (χ4v) is 1.90. The second-order valence-corrected chi connectivity index (χ2v) is 4.91. The van der Waals surface area contributed by atoms with Crippen LogP contribution in [-0.2, 0) is 9.53 Å². The number of hydrogen-bond acceptors (Lipinski definition) is 5. The number of primary amides is 1. The zero-order chi connectivity index (χ0) is 15.2. The lowest BCUT2D eigenvalue weighted by Crippen LogP contribution is -2.42. The number of nitrogens with one attached hydrogen (secondary N) is 1. The van der Waals surface area contributed by atoms with E-state index >= 15 is 0 Å². The van der Waals surface area contributed by atoms with Gasteiger partial charge in [0.2, 0.25) is 11.8 Å². The summed E-state index contributed by atoms with van der Waals surface area (Å²) in [5, 5.41) is 2.49. The molecule has 0 unspecified atom stereocenters. The number of amides is 2. The average molecular weight is 293 g/mol. The third-order valence-corrected chi connectivity index (χ3v) is 3.23. The summed E-state index contributed by atoms with van der Waals surface area (Å²) >= 11 is 0. The molecule has 0 saturated carbocycles. The van der Waals surface area contributed by atoms with Crippen molar-refractivity contribution < 1.29 is 19.1 Å². The molecule has 0 radical (unpaired) electrons. The number of nitrogens with zero attached hydrogens (tertiary/aromatic N) is 1. The molecule has 7 heteroatoms. The molecule has 3 N–H and O–H groups in total. The van der Waals surface area contributed by atoms with E-state index in [-0.39, 0.29) is 6.10 Å². The molecule has 1 fully saturated rings. The van der Waals surface area contributed by atoms with Crippen LogP contribution in [0.3, 0.4) is 0 Å². The maximum atomic E-state index is 11.8. The van der Waals surface area contributed by atoms with Gasteiger partial charge in [-0.25, -0.2) is 4.98 Å². The van der Waals surface area contributed by atoms with Crippen molar-refractivity contribution >= 4 is 11.8 Å². The van der Waals surface area contributed by atoms with E-state index < -0.39 is 17.9 Å². The maximum Gasteiger partial charge on any atom is 0.253 e. The van der Waals surface area contributed by atoms with Gasteiger partial charge < -0.3 is 20.5 Å². The van der Waals surface area contributed by atoms with Gasteiger partial charge in [0.15, 0.2) is 0 Å². The van der Waals surface area contributed by atoms with Crippen molar-refractivity contribution in [3.8, 4) is 5.88 Å². The third-order valence-electron chi connectivity index (χ3n) is 3.23. The second-order valence-electron chi connectivity index (χ2n) is 4.91. The van der Waals surface area contributed by atoms with Crippen LogP contribution in [-0.4, -0.2) is 42.2 Å². The van der Waals surface area contributed by atoms with Crippen molar-refractivity contribution in [3.05, 3.63) is 23.9 Å². The highest BCUT2D eigenvalue weighted by Crippen LogP contribution is 2.15. The molecule has 1 aliphatic rings. The molecule has 1 aromatic heterocycles. The minimum atomic E-state index is -0.726.